The molecule has 1 saturated carbocycles. The maximum absolute atomic E-state index is 11.0. The van der Waals surface area contributed by atoms with E-state index >= 15 is 0 Å². The monoisotopic (exact) mass is 437 g/mol. The lowest BCUT2D eigenvalue weighted by molar-refractivity contribution is 0.0653. The number of allylic oxidation sites excluding steroid dienone is 1. The van der Waals surface area contributed by atoms with Gasteiger partial charge in [-0.25, -0.2) is 0 Å². The molecule has 3 aliphatic rings. The molecule has 0 aromatic heterocycles. The molecule has 4 rings (SSSR count). The zero-order chi connectivity index (χ0) is 21.7. The Morgan fingerprint density at radius 2 is 2.07 bits per heavy atom. The highest BCUT2D eigenvalue weighted by Gasteiger charge is 2.52. The average molecular weight is 438 g/mol. The lowest BCUT2D eigenvalue weighted by atomic mass is 9.53. The van der Waals surface area contributed by atoms with Crippen LogP contribution in [0.1, 0.15) is 56.6 Å². The third-order valence-electron chi connectivity index (χ3n) is 7.71. The minimum absolute atomic E-state index is 0.160. The van der Waals surface area contributed by atoms with E-state index in [4.69, 9.17) is 14.1 Å². The quantitative estimate of drug-likeness (QED) is 0.358. The van der Waals surface area contributed by atoms with Gasteiger partial charge < -0.3 is 14.7 Å². The van der Waals surface area contributed by atoms with Gasteiger partial charge in [-0.2, -0.15) is 8.42 Å². The van der Waals surface area contributed by atoms with E-state index in [1.54, 1.807) is 4.89 Å². The van der Waals surface area contributed by atoms with Crippen molar-refractivity contribution in [2.24, 2.45) is 23.2 Å². The third kappa shape index (κ3) is 3.64. The maximum Gasteiger partial charge on any atom is 0.364 e. The van der Waals surface area contributed by atoms with Crippen LogP contribution in [-0.2, 0) is 16.7 Å². The number of methoxy groups -OCH3 is 1. The molecule has 30 heavy (non-hydrogen) atoms. The van der Waals surface area contributed by atoms with Crippen molar-refractivity contribution < 1.29 is 27.7 Å². The summed E-state index contributed by atoms with van der Waals surface area (Å²) in [5.74, 6) is 2.48. The van der Waals surface area contributed by atoms with Crippen molar-refractivity contribution in [3.05, 3.63) is 34.9 Å². The SMILES string of the molecule is COc1cc2c(cc1ONS(=O)(=O)O)CC[C@@H]1[C@@H]2CC[C@]2(C)C([C@H](C)CO)=CC[C@@H]12. The second kappa shape index (κ2) is 7.82. The number of aliphatic hydroxyl groups is 1. The number of nitrogens with one attached hydrogen (secondary N) is 1. The molecule has 0 spiro atoms. The molecule has 7 nitrogen and oxygen atoms in total. The Kier molecular flexibility index (Phi) is 5.63. The number of rotatable bonds is 6. The Labute approximate surface area is 178 Å². The summed E-state index contributed by atoms with van der Waals surface area (Å²) in [5.41, 5.74) is 3.99. The fourth-order valence-corrected chi connectivity index (χ4v) is 6.57. The first-order valence-electron chi connectivity index (χ1n) is 10.6. The Morgan fingerprint density at radius 3 is 2.73 bits per heavy atom. The van der Waals surface area contributed by atoms with Gasteiger partial charge in [0, 0.05) is 12.5 Å². The van der Waals surface area contributed by atoms with Gasteiger partial charge in [0.1, 0.15) is 0 Å². The van der Waals surface area contributed by atoms with Crippen LogP contribution in [0.15, 0.2) is 23.8 Å². The van der Waals surface area contributed by atoms with Crippen LogP contribution in [0.25, 0.3) is 0 Å². The average Bonchev–Trinajstić information content (AvgIpc) is 3.07. The van der Waals surface area contributed by atoms with Crippen LogP contribution in [0.4, 0.5) is 0 Å². The van der Waals surface area contributed by atoms with Gasteiger partial charge in [0.05, 0.1) is 7.11 Å². The van der Waals surface area contributed by atoms with Gasteiger partial charge in [0.2, 0.25) is 0 Å². The molecule has 166 valence electrons. The number of ether oxygens (including phenoxy) is 1. The second-order valence-corrected chi connectivity index (χ2v) is 10.3. The van der Waals surface area contributed by atoms with Gasteiger partial charge in [-0.1, -0.05) is 25.5 Å². The van der Waals surface area contributed by atoms with Crippen LogP contribution in [0.2, 0.25) is 0 Å². The summed E-state index contributed by atoms with van der Waals surface area (Å²) in [5, 5.41) is 9.72. The smallest absolute Gasteiger partial charge is 0.364 e. The van der Waals surface area contributed by atoms with Gasteiger partial charge in [0.15, 0.2) is 11.5 Å². The molecule has 0 aliphatic heterocycles. The molecule has 0 heterocycles. The van der Waals surface area contributed by atoms with E-state index in [1.807, 2.05) is 12.1 Å². The second-order valence-electron chi connectivity index (χ2n) is 9.21. The first-order valence-corrected chi connectivity index (χ1v) is 12.0. The van der Waals surface area contributed by atoms with Crippen LogP contribution in [0, 0.1) is 23.2 Å². The summed E-state index contributed by atoms with van der Waals surface area (Å²) < 4.78 is 36.3. The van der Waals surface area contributed by atoms with Crippen molar-refractivity contribution in [3.63, 3.8) is 0 Å². The maximum atomic E-state index is 11.0. The topological polar surface area (TPSA) is 105 Å². The summed E-state index contributed by atoms with van der Waals surface area (Å²) in [6.07, 6.45) is 7.58. The van der Waals surface area contributed by atoms with Crippen molar-refractivity contribution >= 4 is 10.3 Å². The minimum Gasteiger partial charge on any atom is -0.493 e. The van der Waals surface area contributed by atoms with E-state index in [2.05, 4.69) is 19.9 Å². The number of fused-ring (bicyclic) bond motifs is 5. The van der Waals surface area contributed by atoms with Gasteiger partial charge in [-0.3, -0.25) is 4.55 Å². The largest absolute Gasteiger partial charge is 0.493 e. The number of aliphatic hydroxyl groups excluding tert-OH is 1. The number of benzene rings is 1. The Hall–Kier alpha value is -1.61. The van der Waals surface area contributed by atoms with Crippen LogP contribution in [0.5, 0.6) is 11.5 Å². The summed E-state index contributed by atoms with van der Waals surface area (Å²) in [7, 11) is -2.95. The number of hydrogen-bond donors (Lipinski definition) is 3. The lowest BCUT2D eigenvalue weighted by Crippen LogP contribution is -2.42. The van der Waals surface area contributed by atoms with Crippen LogP contribution in [0.3, 0.4) is 0 Å². The highest BCUT2D eigenvalue weighted by molar-refractivity contribution is 7.83. The molecule has 0 bridgehead atoms. The molecule has 0 unspecified atom stereocenters. The highest BCUT2D eigenvalue weighted by atomic mass is 32.2. The normalized spacial score (nSPS) is 31.2. The zero-order valence-electron chi connectivity index (χ0n) is 17.7. The first-order chi connectivity index (χ1) is 14.2. The van der Waals surface area contributed by atoms with Crippen LogP contribution in [-0.4, -0.2) is 31.8 Å². The fraction of sp³-hybridized carbons (Fsp3) is 0.636. The molecule has 5 atom stereocenters. The first kappa shape index (κ1) is 21.6. The molecular weight excluding hydrogens is 406 g/mol. The van der Waals surface area contributed by atoms with Crippen molar-refractivity contribution in [3.8, 4) is 11.5 Å². The Bertz CT molecular complexity index is 959. The molecule has 1 aromatic carbocycles. The highest BCUT2D eigenvalue weighted by Crippen LogP contribution is 2.62. The van der Waals surface area contributed by atoms with Gasteiger partial charge in [-0.15, -0.1) is 0 Å². The molecule has 3 aliphatic carbocycles. The van der Waals surface area contributed by atoms with E-state index < -0.39 is 10.3 Å². The van der Waals surface area contributed by atoms with Crippen LogP contribution >= 0.6 is 0 Å². The molecule has 8 heteroatoms. The molecule has 0 amide bonds. The predicted octanol–water partition coefficient (Wildman–Crippen LogP) is 3.40. The molecule has 1 aromatic rings. The van der Waals surface area contributed by atoms with E-state index in [0.29, 0.717) is 23.5 Å². The zero-order valence-corrected chi connectivity index (χ0v) is 18.5. The Balaban J connectivity index is 1.62. The van der Waals surface area contributed by atoms with Crippen molar-refractivity contribution in [1.29, 1.82) is 0 Å². The van der Waals surface area contributed by atoms with Crippen molar-refractivity contribution in [2.45, 2.75) is 51.9 Å². The summed E-state index contributed by atoms with van der Waals surface area (Å²) >= 11 is 0. The summed E-state index contributed by atoms with van der Waals surface area (Å²) in [6.45, 7) is 4.70. The molecule has 0 radical (unpaired) electrons. The van der Waals surface area contributed by atoms with Gasteiger partial charge in [-0.05, 0) is 83.4 Å². The van der Waals surface area contributed by atoms with Gasteiger partial charge >= 0.3 is 10.3 Å². The lowest BCUT2D eigenvalue weighted by Gasteiger charge is -2.51. The van der Waals surface area contributed by atoms with Gasteiger partial charge in [0.25, 0.3) is 0 Å². The number of aryl methyl sites for hydroxylation is 1. The Morgan fingerprint density at radius 1 is 1.30 bits per heavy atom. The standard InChI is InChI=1S/C22H31NO6S/c1-13(12-24)18-6-7-19-16-5-4-14-10-21(29-23-30(25,26)27)20(28-3)11-17(14)15(16)8-9-22(18,19)2/h6,10-11,13,15-16,19,23-24H,4-5,7-9,12H2,1-3H3,(H,25,26,27)/t13-,15+,16-,19+,22-/m1/s1. The van der Waals surface area contributed by atoms with E-state index in [1.165, 1.54) is 18.2 Å². The molecule has 1 fully saturated rings. The van der Waals surface area contributed by atoms with Crippen LogP contribution < -0.4 is 14.5 Å². The fourth-order valence-electron chi connectivity index (χ4n) is 6.38. The predicted molar refractivity (Wildman–Crippen MR) is 113 cm³/mol. The third-order valence-corrected chi connectivity index (χ3v) is 8.01. The van der Waals surface area contributed by atoms with E-state index in [-0.39, 0.29) is 23.7 Å². The molecule has 3 N–H and O–H groups in total. The summed E-state index contributed by atoms with van der Waals surface area (Å²) in [6, 6.07) is 3.79. The minimum atomic E-state index is -4.47. The van der Waals surface area contributed by atoms with E-state index in [9.17, 15) is 13.5 Å². The van der Waals surface area contributed by atoms with E-state index in [0.717, 1.165) is 37.7 Å². The van der Waals surface area contributed by atoms with Crippen molar-refractivity contribution in [2.75, 3.05) is 13.7 Å². The molecule has 0 saturated heterocycles. The summed E-state index contributed by atoms with van der Waals surface area (Å²) in [4.78, 5) is 6.74. The van der Waals surface area contributed by atoms with Crippen molar-refractivity contribution in [1.82, 2.24) is 4.89 Å². The molecular formula is C22H31NO6S. The number of hydrogen-bond acceptors (Lipinski definition) is 5.